The lowest BCUT2D eigenvalue weighted by Gasteiger charge is -2.32. The minimum Gasteiger partial charge on any atom is -0.355 e. The Labute approximate surface area is 230 Å². The minimum atomic E-state index is -4.07. The highest BCUT2D eigenvalue weighted by Crippen LogP contribution is 2.26. The summed E-state index contributed by atoms with van der Waals surface area (Å²) >= 11 is 1.52. The Balaban J connectivity index is 1.96. The molecule has 0 saturated heterocycles. The molecule has 2 amide bonds. The Morgan fingerprint density at radius 1 is 0.947 bits per heavy atom. The number of hydrogen-bond acceptors (Lipinski definition) is 5. The van der Waals surface area contributed by atoms with Gasteiger partial charge in [-0.2, -0.15) is 0 Å². The number of thioether (sulfide) groups is 1. The third-order valence-electron chi connectivity index (χ3n) is 6.25. The molecule has 0 aliphatic rings. The predicted molar refractivity (Wildman–Crippen MR) is 154 cm³/mol. The monoisotopic (exact) mass is 553 g/mol. The van der Waals surface area contributed by atoms with Crippen molar-refractivity contribution in [3.05, 3.63) is 90.0 Å². The van der Waals surface area contributed by atoms with Crippen molar-refractivity contribution in [3.63, 3.8) is 0 Å². The fourth-order valence-corrected chi connectivity index (χ4v) is 5.83. The standard InChI is InChI=1S/C29H35N3O4S2/c1-5-30-29(34)23(3)31(20-19-24-9-7-6-8-10-24)28(33)21-32(25-13-11-22(2)12-14-25)38(35,36)27-17-15-26(37-4)16-18-27/h6-18,23H,5,19-21H2,1-4H3,(H,30,34)/t23-/m0/s1. The van der Waals surface area contributed by atoms with Gasteiger partial charge in [0.15, 0.2) is 0 Å². The maximum atomic E-state index is 13.8. The SMILES string of the molecule is CCNC(=O)[C@H](C)N(CCc1ccccc1)C(=O)CN(c1ccc(C)cc1)S(=O)(=O)c1ccc(SC)cc1. The molecule has 0 aliphatic heterocycles. The number of amides is 2. The first-order chi connectivity index (χ1) is 18.2. The van der Waals surface area contributed by atoms with Gasteiger partial charge in [-0.25, -0.2) is 8.42 Å². The van der Waals surface area contributed by atoms with Crippen LogP contribution in [0.4, 0.5) is 5.69 Å². The average molecular weight is 554 g/mol. The van der Waals surface area contributed by atoms with E-state index >= 15 is 0 Å². The molecule has 0 radical (unpaired) electrons. The van der Waals surface area contributed by atoms with Gasteiger partial charge in [-0.05, 0) is 75.4 Å². The second-order valence-corrected chi connectivity index (χ2v) is 11.7. The smallest absolute Gasteiger partial charge is 0.264 e. The molecule has 0 spiro atoms. The van der Waals surface area contributed by atoms with Crippen LogP contribution in [0.5, 0.6) is 0 Å². The van der Waals surface area contributed by atoms with E-state index in [0.717, 1.165) is 20.3 Å². The predicted octanol–water partition coefficient (Wildman–Crippen LogP) is 4.51. The maximum absolute atomic E-state index is 13.8. The molecule has 38 heavy (non-hydrogen) atoms. The Bertz CT molecular complexity index is 1310. The van der Waals surface area contributed by atoms with Crippen LogP contribution in [0.15, 0.2) is 88.7 Å². The van der Waals surface area contributed by atoms with Gasteiger partial charge in [0, 0.05) is 18.0 Å². The van der Waals surface area contributed by atoms with Gasteiger partial charge in [-0.15, -0.1) is 11.8 Å². The molecule has 3 rings (SSSR count). The first-order valence-corrected chi connectivity index (χ1v) is 15.2. The lowest BCUT2D eigenvalue weighted by atomic mass is 10.1. The van der Waals surface area contributed by atoms with Crippen LogP contribution < -0.4 is 9.62 Å². The molecule has 3 aromatic rings. The fraction of sp³-hybridized carbons (Fsp3) is 0.310. The number of likely N-dealkylation sites (N-methyl/N-ethyl adjacent to an activating group) is 1. The highest BCUT2D eigenvalue weighted by Gasteiger charge is 2.32. The molecule has 0 saturated carbocycles. The first kappa shape index (κ1) is 29.3. The zero-order chi connectivity index (χ0) is 27.7. The number of anilines is 1. The molecule has 0 bridgehead atoms. The minimum absolute atomic E-state index is 0.0938. The van der Waals surface area contributed by atoms with E-state index in [-0.39, 0.29) is 17.3 Å². The van der Waals surface area contributed by atoms with Gasteiger partial charge < -0.3 is 10.2 Å². The summed E-state index contributed by atoms with van der Waals surface area (Å²) in [4.78, 5) is 29.0. The number of benzene rings is 3. The van der Waals surface area contributed by atoms with Crippen molar-refractivity contribution in [2.45, 2.75) is 43.0 Å². The summed E-state index contributed by atoms with van der Waals surface area (Å²) in [6, 6.07) is 22.5. The zero-order valence-corrected chi connectivity index (χ0v) is 23.9. The number of nitrogens with zero attached hydrogens (tertiary/aromatic N) is 2. The Hall–Kier alpha value is -3.30. The van der Waals surface area contributed by atoms with Crippen LogP contribution >= 0.6 is 11.8 Å². The van der Waals surface area contributed by atoms with Crippen molar-refractivity contribution in [1.29, 1.82) is 0 Å². The van der Waals surface area contributed by atoms with E-state index in [1.165, 1.54) is 16.7 Å². The summed E-state index contributed by atoms with van der Waals surface area (Å²) in [6.07, 6.45) is 2.45. The van der Waals surface area contributed by atoms with Gasteiger partial charge in [0.1, 0.15) is 12.6 Å². The van der Waals surface area contributed by atoms with Crippen LogP contribution in [0.25, 0.3) is 0 Å². The molecule has 0 fully saturated rings. The van der Waals surface area contributed by atoms with Gasteiger partial charge in [-0.3, -0.25) is 13.9 Å². The lowest BCUT2D eigenvalue weighted by Crippen LogP contribution is -2.52. The van der Waals surface area contributed by atoms with Crippen LogP contribution in [0, 0.1) is 6.92 Å². The summed E-state index contributed by atoms with van der Waals surface area (Å²) in [5, 5.41) is 2.77. The number of carbonyl (C=O) groups excluding carboxylic acids is 2. The molecule has 3 aromatic carbocycles. The Morgan fingerprint density at radius 3 is 2.16 bits per heavy atom. The Morgan fingerprint density at radius 2 is 1.58 bits per heavy atom. The van der Waals surface area contributed by atoms with Crippen LogP contribution in [0.3, 0.4) is 0 Å². The molecule has 7 nitrogen and oxygen atoms in total. The molecule has 0 unspecified atom stereocenters. The largest absolute Gasteiger partial charge is 0.355 e. The molecule has 9 heteroatoms. The maximum Gasteiger partial charge on any atom is 0.264 e. The van der Waals surface area contributed by atoms with Crippen molar-refractivity contribution < 1.29 is 18.0 Å². The van der Waals surface area contributed by atoms with Crippen LogP contribution in [0.2, 0.25) is 0 Å². The van der Waals surface area contributed by atoms with Gasteiger partial charge in [0.25, 0.3) is 10.0 Å². The number of carbonyl (C=O) groups is 2. The second kappa shape index (κ2) is 13.5. The van der Waals surface area contributed by atoms with Crippen molar-refractivity contribution in [3.8, 4) is 0 Å². The normalized spacial score (nSPS) is 12.0. The summed E-state index contributed by atoms with van der Waals surface area (Å²) in [7, 11) is -4.07. The highest BCUT2D eigenvalue weighted by molar-refractivity contribution is 7.98. The van der Waals surface area contributed by atoms with E-state index in [0.29, 0.717) is 18.7 Å². The molecular formula is C29H35N3O4S2. The van der Waals surface area contributed by atoms with E-state index in [2.05, 4.69) is 5.32 Å². The van der Waals surface area contributed by atoms with Crippen LogP contribution in [-0.4, -0.2) is 57.1 Å². The van der Waals surface area contributed by atoms with Gasteiger partial charge >= 0.3 is 0 Å². The number of rotatable bonds is 12. The van der Waals surface area contributed by atoms with E-state index in [4.69, 9.17) is 0 Å². The summed E-state index contributed by atoms with van der Waals surface area (Å²) in [5.41, 5.74) is 2.37. The van der Waals surface area contributed by atoms with E-state index in [1.807, 2.05) is 62.6 Å². The fourth-order valence-electron chi connectivity index (χ4n) is 4.01. The molecule has 0 aromatic heterocycles. The average Bonchev–Trinajstić information content (AvgIpc) is 2.93. The topological polar surface area (TPSA) is 86.8 Å². The molecule has 0 heterocycles. The van der Waals surface area contributed by atoms with E-state index in [9.17, 15) is 18.0 Å². The van der Waals surface area contributed by atoms with Crippen LogP contribution in [-0.2, 0) is 26.0 Å². The molecule has 0 aliphatic carbocycles. The van der Waals surface area contributed by atoms with E-state index in [1.54, 1.807) is 43.3 Å². The Kier molecular flexibility index (Phi) is 10.4. The highest BCUT2D eigenvalue weighted by atomic mass is 32.2. The van der Waals surface area contributed by atoms with Crippen molar-refractivity contribution in [2.24, 2.45) is 0 Å². The van der Waals surface area contributed by atoms with Gasteiger partial charge in [0.2, 0.25) is 11.8 Å². The number of aryl methyl sites for hydroxylation is 1. The molecular weight excluding hydrogens is 518 g/mol. The molecule has 1 N–H and O–H groups in total. The quantitative estimate of drug-likeness (QED) is 0.334. The van der Waals surface area contributed by atoms with Crippen molar-refractivity contribution in [1.82, 2.24) is 10.2 Å². The first-order valence-electron chi connectivity index (χ1n) is 12.5. The summed E-state index contributed by atoms with van der Waals surface area (Å²) in [5.74, 6) is -0.740. The summed E-state index contributed by atoms with van der Waals surface area (Å²) in [6.45, 7) is 5.65. The zero-order valence-electron chi connectivity index (χ0n) is 22.3. The second-order valence-electron chi connectivity index (χ2n) is 8.92. The number of hydrogen-bond donors (Lipinski definition) is 1. The third-order valence-corrected chi connectivity index (χ3v) is 8.78. The van der Waals surface area contributed by atoms with E-state index < -0.39 is 28.5 Å². The van der Waals surface area contributed by atoms with Crippen LogP contribution in [0.1, 0.15) is 25.0 Å². The van der Waals surface area contributed by atoms with Crippen molar-refractivity contribution >= 4 is 39.3 Å². The molecule has 202 valence electrons. The number of sulfonamides is 1. The third kappa shape index (κ3) is 7.39. The number of nitrogens with one attached hydrogen (secondary N) is 1. The van der Waals surface area contributed by atoms with Crippen molar-refractivity contribution in [2.75, 3.05) is 30.2 Å². The van der Waals surface area contributed by atoms with Gasteiger partial charge in [-0.1, -0.05) is 48.0 Å². The summed E-state index contributed by atoms with van der Waals surface area (Å²) < 4.78 is 28.8. The lowest BCUT2D eigenvalue weighted by molar-refractivity contribution is -0.138. The van der Waals surface area contributed by atoms with Gasteiger partial charge in [0.05, 0.1) is 10.6 Å². The molecule has 1 atom stereocenters.